The van der Waals surface area contributed by atoms with E-state index in [1.165, 1.54) is 45.2 Å². The third-order valence-electron chi connectivity index (χ3n) is 2.95. The number of nitrogens with one attached hydrogen (secondary N) is 1. The van der Waals surface area contributed by atoms with Crippen LogP contribution in [-0.2, 0) is 0 Å². The molecule has 1 N–H and O–H groups in total. The van der Waals surface area contributed by atoms with Gasteiger partial charge in [0.15, 0.2) is 0 Å². The lowest BCUT2D eigenvalue weighted by molar-refractivity contribution is 0.145. The Morgan fingerprint density at radius 2 is 2.00 bits per heavy atom. The van der Waals surface area contributed by atoms with E-state index in [1.807, 2.05) is 0 Å². The van der Waals surface area contributed by atoms with Crippen LogP contribution in [0.2, 0.25) is 0 Å². The fourth-order valence-electron chi connectivity index (χ4n) is 2.28. The predicted octanol–water partition coefficient (Wildman–Crippen LogP) is 1.18. The van der Waals surface area contributed by atoms with Crippen LogP contribution in [0.3, 0.4) is 0 Å². The summed E-state index contributed by atoms with van der Waals surface area (Å²) >= 11 is 0. The first-order valence-corrected chi connectivity index (χ1v) is 4.91. The average molecular weight is 154 g/mol. The van der Waals surface area contributed by atoms with Crippen LogP contribution in [-0.4, -0.2) is 30.7 Å². The molecular formula is C9H18N2. The maximum Gasteiger partial charge on any atom is 0.0483 e. The van der Waals surface area contributed by atoms with Crippen molar-refractivity contribution in [1.29, 1.82) is 0 Å². The topological polar surface area (TPSA) is 15.3 Å². The molecule has 2 rings (SSSR count). The maximum atomic E-state index is 3.47. The summed E-state index contributed by atoms with van der Waals surface area (Å²) < 4.78 is 0. The van der Waals surface area contributed by atoms with Crippen LogP contribution in [0.1, 0.15) is 32.1 Å². The van der Waals surface area contributed by atoms with Gasteiger partial charge in [-0.25, -0.2) is 0 Å². The Balaban J connectivity index is 1.93. The summed E-state index contributed by atoms with van der Waals surface area (Å²) in [6.45, 7) is 3.70. The van der Waals surface area contributed by atoms with Crippen molar-refractivity contribution in [2.45, 2.75) is 38.1 Å². The lowest BCUT2D eigenvalue weighted by Crippen LogP contribution is -2.42. The number of fused-ring (bicyclic) bond motifs is 1. The first-order chi connectivity index (χ1) is 5.47. The van der Waals surface area contributed by atoms with Gasteiger partial charge in [0.25, 0.3) is 0 Å². The van der Waals surface area contributed by atoms with Crippen LogP contribution < -0.4 is 5.32 Å². The van der Waals surface area contributed by atoms with Crippen molar-refractivity contribution in [1.82, 2.24) is 10.2 Å². The molecule has 64 valence electrons. The minimum atomic E-state index is 0.916. The van der Waals surface area contributed by atoms with E-state index in [1.54, 1.807) is 0 Å². The summed E-state index contributed by atoms with van der Waals surface area (Å²) in [5.41, 5.74) is 0. The van der Waals surface area contributed by atoms with Crippen molar-refractivity contribution in [2.24, 2.45) is 0 Å². The monoisotopic (exact) mass is 154 g/mol. The van der Waals surface area contributed by atoms with E-state index in [9.17, 15) is 0 Å². The van der Waals surface area contributed by atoms with Gasteiger partial charge in [0, 0.05) is 12.7 Å². The summed E-state index contributed by atoms with van der Waals surface area (Å²) in [6.07, 6.45) is 7.12. The lowest BCUT2D eigenvalue weighted by Gasteiger charge is -2.33. The molecule has 11 heavy (non-hydrogen) atoms. The van der Waals surface area contributed by atoms with Crippen molar-refractivity contribution < 1.29 is 0 Å². The molecule has 1 unspecified atom stereocenters. The van der Waals surface area contributed by atoms with Gasteiger partial charge in [0.1, 0.15) is 0 Å². The Kier molecular flexibility index (Phi) is 2.44. The molecule has 0 saturated carbocycles. The quantitative estimate of drug-likeness (QED) is 0.563. The van der Waals surface area contributed by atoms with E-state index in [0.29, 0.717) is 0 Å². The molecule has 0 aromatic heterocycles. The zero-order chi connectivity index (χ0) is 7.52. The summed E-state index contributed by atoms with van der Waals surface area (Å²) in [5.74, 6) is 0. The molecule has 2 aliphatic heterocycles. The van der Waals surface area contributed by atoms with Gasteiger partial charge in [-0.3, -0.25) is 4.90 Å². The third-order valence-corrected chi connectivity index (χ3v) is 2.95. The van der Waals surface area contributed by atoms with Crippen molar-refractivity contribution in [3.63, 3.8) is 0 Å². The first-order valence-electron chi connectivity index (χ1n) is 4.91. The molecule has 0 amide bonds. The Bertz CT molecular complexity index is 111. The van der Waals surface area contributed by atoms with E-state index < -0.39 is 0 Å². The minimum absolute atomic E-state index is 0.916. The van der Waals surface area contributed by atoms with Crippen LogP contribution in [0.15, 0.2) is 0 Å². The number of nitrogens with zero attached hydrogens (tertiary/aromatic N) is 1. The van der Waals surface area contributed by atoms with E-state index in [4.69, 9.17) is 0 Å². The van der Waals surface area contributed by atoms with Gasteiger partial charge in [-0.2, -0.15) is 0 Å². The Morgan fingerprint density at radius 1 is 1.09 bits per heavy atom. The Labute approximate surface area is 69.0 Å². The molecule has 2 aliphatic rings. The molecule has 0 spiro atoms. The zero-order valence-electron chi connectivity index (χ0n) is 7.18. The van der Waals surface area contributed by atoms with E-state index in [0.717, 1.165) is 12.7 Å². The molecule has 2 saturated heterocycles. The molecule has 0 radical (unpaired) electrons. The normalized spacial score (nSPS) is 34.4. The van der Waals surface area contributed by atoms with Crippen molar-refractivity contribution in [2.75, 3.05) is 19.8 Å². The molecular weight excluding hydrogens is 136 g/mol. The number of piperidine rings is 1. The molecule has 2 heterocycles. The second-order valence-electron chi connectivity index (χ2n) is 3.76. The average Bonchev–Trinajstić information content (AvgIpc) is 2.28. The molecule has 0 aromatic carbocycles. The summed E-state index contributed by atoms with van der Waals surface area (Å²) in [6, 6.07) is 0.916. The predicted molar refractivity (Wildman–Crippen MR) is 46.4 cm³/mol. The smallest absolute Gasteiger partial charge is 0.0483 e. The van der Waals surface area contributed by atoms with Gasteiger partial charge >= 0.3 is 0 Å². The van der Waals surface area contributed by atoms with Gasteiger partial charge in [-0.1, -0.05) is 6.42 Å². The zero-order valence-corrected chi connectivity index (χ0v) is 7.18. The number of rotatable bonds is 0. The molecule has 0 bridgehead atoms. The second kappa shape index (κ2) is 3.55. The standard InChI is InChI=1S/C9H18N2/c1-2-7-11-8-10-6-3-5-9(11)4-1/h9-10H,1-8H2. The first kappa shape index (κ1) is 7.56. The van der Waals surface area contributed by atoms with E-state index >= 15 is 0 Å². The maximum absolute atomic E-state index is 3.47. The second-order valence-corrected chi connectivity index (χ2v) is 3.76. The highest BCUT2D eigenvalue weighted by Crippen LogP contribution is 2.20. The molecule has 1 atom stereocenters. The van der Waals surface area contributed by atoms with E-state index in [2.05, 4.69) is 10.2 Å². The largest absolute Gasteiger partial charge is 0.304 e. The highest BCUT2D eigenvalue weighted by molar-refractivity contribution is 4.78. The van der Waals surface area contributed by atoms with Gasteiger partial charge in [0.2, 0.25) is 0 Å². The Morgan fingerprint density at radius 3 is 3.00 bits per heavy atom. The third kappa shape index (κ3) is 1.74. The SMILES string of the molecule is C1CCN2CNCCCC2C1. The summed E-state index contributed by atoms with van der Waals surface area (Å²) in [4.78, 5) is 2.62. The summed E-state index contributed by atoms with van der Waals surface area (Å²) in [5, 5.41) is 3.47. The minimum Gasteiger partial charge on any atom is -0.304 e. The summed E-state index contributed by atoms with van der Waals surface area (Å²) in [7, 11) is 0. The van der Waals surface area contributed by atoms with Gasteiger partial charge in [0.05, 0.1) is 0 Å². The fourth-order valence-corrected chi connectivity index (χ4v) is 2.28. The molecule has 2 heteroatoms. The van der Waals surface area contributed by atoms with Crippen LogP contribution >= 0.6 is 0 Å². The van der Waals surface area contributed by atoms with Crippen molar-refractivity contribution in [3.8, 4) is 0 Å². The fraction of sp³-hybridized carbons (Fsp3) is 1.00. The Hall–Kier alpha value is -0.0800. The number of hydrogen-bond donors (Lipinski definition) is 1. The van der Waals surface area contributed by atoms with Crippen molar-refractivity contribution in [3.05, 3.63) is 0 Å². The van der Waals surface area contributed by atoms with Gasteiger partial charge in [-0.15, -0.1) is 0 Å². The van der Waals surface area contributed by atoms with Crippen LogP contribution in [0, 0.1) is 0 Å². The lowest BCUT2D eigenvalue weighted by atomic mass is 9.99. The van der Waals surface area contributed by atoms with Crippen molar-refractivity contribution >= 4 is 0 Å². The van der Waals surface area contributed by atoms with Gasteiger partial charge in [-0.05, 0) is 38.8 Å². The number of hydrogen-bond acceptors (Lipinski definition) is 2. The van der Waals surface area contributed by atoms with E-state index in [-0.39, 0.29) is 0 Å². The van der Waals surface area contributed by atoms with Crippen LogP contribution in [0.5, 0.6) is 0 Å². The van der Waals surface area contributed by atoms with Gasteiger partial charge < -0.3 is 5.32 Å². The molecule has 0 aromatic rings. The molecule has 0 aliphatic carbocycles. The van der Waals surface area contributed by atoms with Crippen LogP contribution in [0.25, 0.3) is 0 Å². The highest BCUT2D eigenvalue weighted by atomic mass is 15.2. The molecule has 2 nitrogen and oxygen atoms in total. The molecule has 2 fully saturated rings. The van der Waals surface area contributed by atoms with Crippen LogP contribution in [0.4, 0.5) is 0 Å². The highest BCUT2D eigenvalue weighted by Gasteiger charge is 2.22.